The lowest BCUT2D eigenvalue weighted by atomic mass is 9.89. The molecule has 0 heterocycles. The molecule has 7 heteroatoms. The molecule has 0 aliphatic rings. The Hall–Kier alpha value is -2.41. The van der Waals surface area contributed by atoms with Crippen LogP contribution < -0.4 is 0 Å². The molecular weight excluding hydrogens is 254 g/mol. The average Bonchev–Trinajstić information content (AvgIpc) is 2.36. The minimum atomic E-state index is -2.35. The van der Waals surface area contributed by atoms with Crippen molar-refractivity contribution >= 4 is 17.7 Å². The van der Waals surface area contributed by atoms with Crippen molar-refractivity contribution in [1.82, 2.24) is 0 Å². The standard InChI is InChI=1S/C12H13NO6/c14-10(15)9(13-19)7-12(18,11(16)17)6-8-4-2-1-3-5-8/h1-5,18-19H,6-7H2,(H,14,15)(H,16,17). The predicted octanol–water partition coefficient (Wildman–Crippen LogP) is 0.350. The molecule has 0 bridgehead atoms. The van der Waals surface area contributed by atoms with E-state index in [0.29, 0.717) is 5.56 Å². The van der Waals surface area contributed by atoms with Gasteiger partial charge in [-0.05, 0) is 5.56 Å². The van der Waals surface area contributed by atoms with Gasteiger partial charge in [0.15, 0.2) is 11.3 Å². The van der Waals surface area contributed by atoms with Crippen LogP contribution in [0.3, 0.4) is 0 Å². The zero-order valence-electron chi connectivity index (χ0n) is 9.85. The van der Waals surface area contributed by atoms with E-state index in [-0.39, 0.29) is 6.42 Å². The van der Waals surface area contributed by atoms with Crippen molar-refractivity contribution in [2.75, 3.05) is 0 Å². The Kier molecular flexibility index (Phi) is 4.60. The number of hydrogen-bond donors (Lipinski definition) is 4. The van der Waals surface area contributed by atoms with Gasteiger partial charge in [0.25, 0.3) is 0 Å². The summed E-state index contributed by atoms with van der Waals surface area (Å²) in [5.74, 6) is -3.17. The number of benzene rings is 1. The highest BCUT2D eigenvalue weighted by Crippen LogP contribution is 2.19. The van der Waals surface area contributed by atoms with Crippen molar-refractivity contribution in [3.05, 3.63) is 35.9 Å². The second kappa shape index (κ2) is 5.96. The minimum Gasteiger partial charge on any atom is -0.479 e. The number of carboxylic acid groups (broad SMARTS) is 2. The van der Waals surface area contributed by atoms with Gasteiger partial charge in [-0.15, -0.1) is 0 Å². The fourth-order valence-electron chi connectivity index (χ4n) is 1.58. The summed E-state index contributed by atoms with van der Waals surface area (Å²) in [4.78, 5) is 21.8. The normalized spacial score (nSPS) is 14.7. The summed E-state index contributed by atoms with van der Waals surface area (Å²) in [6.45, 7) is 0. The van der Waals surface area contributed by atoms with E-state index in [1.165, 1.54) is 0 Å². The fourth-order valence-corrected chi connectivity index (χ4v) is 1.58. The van der Waals surface area contributed by atoms with Gasteiger partial charge in [0.1, 0.15) is 0 Å². The van der Waals surface area contributed by atoms with Crippen LogP contribution >= 0.6 is 0 Å². The summed E-state index contributed by atoms with van der Waals surface area (Å²) < 4.78 is 0. The number of carboxylic acids is 2. The maximum absolute atomic E-state index is 11.1. The molecule has 0 aromatic heterocycles. The van der Waals surface area contributed by atoms with Gasteiger partial charge in [-0.25, -0.2) is 9.59 Å². The molecule has 1 atom stereocenters. The van der Waals surface area contributed by atoms with Crippen LogP contribution in [-0.4, -0.2) is 43.8 Å². The number of carbonyl (C=O) groups is 2. The van der Waals surface area contributed by atoms with Crippen molar-refractivity contribution in [3.8, 4) is 0 Å². The molecule has 0 saturated carbocycles. The Balaban J connectivity index is 2.98. The van der Waals surface area contributed by atoms with E-state index in [1.54, 1.807) is 30.3 Å². The van der Waals surface area contributed by atoms with E-state index in [2.05, 4.69) is 5.16 Å². The second-order valence-electron chi connectivity index (χ2n) is 4.03. The summed E-state index contributed by atoms with van der Waals surface area (Å²) in [5.41, 5.74) is -2.64. The number of rotatable bonds is 6. The molecular formula is C12H13NO6. The van der Waals surface area contributed by atoms with Crippen LogP contribution in [-0.2, 0) is 16.0 Å². The smallest absolute Gasteiger partial charge is 0.353 e. The quantitative estimate of drug-likeness (QED) is 0.334. The molecule has 1 rings (SSSR count). The van der Waals surface area contributed by atoms with Crippen LogP contribution in [0.1, 0.15) is 12.0 Å². The van der Waals surface area contributed by atoms with Crippen LogP contribution in [0, 0.1) is 0 Å². The van der Waals surface area contributed by atoms with Crippen LogP contribution in [0.4, 0.5) is 0 Å². The van der Waals surface area contributed by atoms with Gasteiger partial charge < -0.3 is 20.5 Å². The van der Waals surface area contributed by atoms with Gasteiger partial charge in [0, 0.05) is 12.8 Å². The zero-order chi connectivity index (χ0) is 14.5. The summed E-state index contributed by atoms with van der Waals surface area (Å²) in [7, 11) is 0. The third-order valence-electron chi connectivity index (χ3n) is 2.56. The van der Waals surface area contributed by atoms with Crippen molar-refractivity contribution in [1.29, 1.82) is 0 Å². The number of oxime groups is 1. The summed E-state index contributed by atoms with van der Waals surface area (Å²) in [6.07, 6.45) is -1.10. The van der Waals surface area contributed by atoms with E-state index < -0.39 is 29.7 Å². The van der Waals surface area contributed by atoms with Crippen LogP contribution in [0.15, 0.2) is 35.5 Å². The number of aliphatic hydroxyl groups is 1. The van der Waals surface area contributed by atoms with Gasteiger partial charge in [-0.2, -0.15) is 0 Å². The van der Waals surface area contributed by atoms with E-state index in [9.17, 15) is 14.7 Å². The maximum Gasteiger partial charge on any atom is 0.353 e. The van der Waals surface area contributed by atoms with Crippen molar-refractivity contribution in [2.24, 2.45) is 5.16 Å². The van der Waals surface area contributed by atoms with E-state index in [1.807, 2.05) is 0 Å². The number of nitrogens with zero attached hydrogens (tertiary/aromatic N) is 1. The molecule has 1 aromatic rings. The van der Waals surface area contributed by atoms with Crippen molar-refractivity contribution < 1.29 is 30.1 Å². The van der Waals surface area contributed by atoms with Crippen molar-refractivity contribution in [3.63, 3.8) is 0 Å². The van der Waals surface area contributed by atoms with Gasteiger partial charge in [0.2, 0.25) is 0 Å². The molecule has 0 saturated heterocycles. The highest BCUT2D eigenvalue weighted by molar-refractivity contribution is 6.36. The highest BCUT2D eigenvalue weighted by atomic mass is 16.4. The molecule has 19 heavy (non-hydrogen) atoms. The molecule has 102 valence electrons. The van der Waals surface area contributed by atoms with Crippen LogP contribution in [0.5, 0.6) is 0 Å². The topological polar surface area (TPSA) is 127 Å². The Morgan fingerprint density at radius 2 is 1.74 bits per heavy atom. The highest BCUT2D eigenvalue weighted by Gasteiger charge is 2.39. The summed E-state index contributed by atoms with van der Waals surface area (Å²) >= 11 is 0. The molecule has 0 aliphatic carbocycles. The molecule has 4 N–H and O–H groups in total. The molecule has 0 fully saturated rings. The maximum atomic E-state index is 11.1. The van der Waals surface area contributed by atoms with Crippen molar-refractivity contribution in [2.45, 2.75) is 18.4 Å². The lowest BCUT2D eigenvalue weighted by Gasteiger charge is -2.22. The SMILES string of the molecule is O=C(O)C(CC(O)(Cc1ccccc1)C(=O)O)=NO. The first-order valence-electron chi connectivity index (χ1n) is 5.33. The molecule has 0 aliphatic heterocycles. The second-order valence-corrected chi connectivity index (χ2v) is 4.03. The first-order chi connectivity index (χ1) is 8.89. The van der Waals surface area contributed by atoms with E-state index in [0.717, 1.165) is 0 Å². The average molecular weight is 267 g/mol. The number of aliphatic carboxylic acids is 2. The van der Waals surface area contributed by atoms with Gasteiger partial charge in [-0.1, -0.05) is 35.5 Å². The summed E-state index contributed by atoms with van der Waals surface area (Å²) in [6, 6.07) is 8.25. The largest absolute Gasteiger partial charge is 0.479 e. The van der Waals surface area contributed by atoms with E-state index >= 15 is 0 Å². The lowest BCUT2D eigenvalue weighted by Crippen LogP contribution is -2.44. The fraction of sp³-hybridized carbons (Fsp3) is 0.250. The number of hydrogen-bond acceptors (Lipinski definition) is 5. The van der Waals surface area contributed by atoms with Gasteiger partial charge >= 0.3 is 11.9 Å². The third-order valence-corrected chi connectivity index (χ3v) is 2.56. The van der Waals surface area contributed by atoms with Gasteiger partial charge in [-0.3, -0.25) is 0 Å². The lowest BCUT2D eigenvalue weighted by molar-refractivity contribution is -0.157. The minimum absolute atomic E-state index is 0.296. The Labute approximate surface area is 108 Å². The predicted molar refractivity (Wildman–Crippen MR) is 64.2 cm³/mol. The monoisotopic (exact) mass is 267 g/mol. The first-order valence-corrected chi connectivity index (χ1v) is 5.33. The Bertz CT molecular complexity index is 498. The molecule has 0 radical (unpaired) electrons. The molecule has 0 spiro atoms. The molecule has 1 unspecified atom stereocenters. The molecule has 0 amide bonds. The van der Waals surface area contributed by atoms with E-state index in [4.69, 9.17) is 15.4 Å². The Morgan fingerprint density at radius 3 is 2.16 bits per heavy atom. The molecule has 1 aromatic carbocycles. The van der Waals surface area contributed by atoms with Crippen LogP contribution in [0.25, 0.3) is 0 Å². The van der Waals surface area contributed by atoms with Gasteiger partial charge in [0.05, 0.1) is 0 Å². The first kappa shape index (κ1) is 14.7. The molecule has 7 nitrogen and oxygen atoms in total. The van der Waals surface area contributed by atoms with Crippen LogP contribution in [0.2, 0.25) is 0 Å². The zero-order valence-corrected chi connectivity index (χ0v) is 9.85. The summed E-state index contributed by atoms with van der Waals surface area (Å²) in [5, 5.41) is 38.8. The Morgan fingerprint density at radius 1 is 1.16 bits per heavy atom. The third kappa shape index (κ3) is 3.78.